The molecule has 0 unspecified atom stereocenters. The summed E-state index contributed by atoms with van der Waals surface area (Å²) in [7, 11) is 0. The van der Waals surface area contributed by atoms with E-state index >= 15 is 0 Å². The van der Waals surface area contributed by atoms with E-state index in [0.29, 0.717) is 6.54 Å². The minimum absolute atomic E-state index is 0.00648. The Morgan fingerprint density at radius 3 is 2.83 bits per heavy atom. The van der Waals surface area contributed by atoms with E-state index in [9.17, 15) is 4.79 Å². The Kier molecular flexibility index (Phi) is 2.87. The van der Waals surface area contributed by atoms with Crippen LogP contribution < -0.4 is 11.1 Å². The SMILES string of the molecule is C/C=C/CCNC(=O)C1(N)CC1. The summed E-state index contributed by atoms with van der Waals surface area (Å²) in [5.74, 6) is 0.00648. The van der Waals surface area contributed by atoms with Gasteiger partial charge in [0.15, 0.2) is 0 Å². The van der Waals surface area contributed by atoms with Crippen molar-refractivity contribution in [2.24, 2.45) is 5.73 Å². The second kappa shape index (κ2) is 3.72. The average Bonchev–Trinajstić information content (AvgIpc) is 2.78. The van der Waals surface area contributed by atoms with Crippen molar-refractivity contribution in [1.82, 2.24) is 5.32 Å². The van der Waals surface area contributed by atoms with Gasteiger partial charge in [0, 0.05) is 6.54 Å². The van der Waals surface area contributed by atoms with E-state index in [-0.39, 0.29) is 5.91 Å². The van der Waals surface area contributed by atoms with Crippen molar-refractivity contribution in [2.75, 3.05) is 6.54 Å². The Hall–Kier alpha value is -0.830. The summed E-state index contributed by atoms with van der Waals surface area (Å²) in [4.78, 5) is 11.2. The van der Waals surface area contributed by atoms with Crippen LogP contribution in [0.1, 0.15) is 26.2 Å². The zero-order valence-corrected chi connectivity index (χ0v) is 7.47. The molecule has 68 valence electrons. The number of carbonyl (C=O) groups excluding carboxylic acids is 1. The molecule has 1 saturated carbocycles. The first-order chi connectivity index (χ1) is 5.69. The van der Waals surface area contributed by atoms with Crippen LogP contribution >= 0.6 is 0 Å². The average molecular weight is 168 g/mol. The second-order valence-corrected chi connectivity index (χ2v) is 3.27. The Labute approximate surface area is 73.0 Å². The molecule has 0 aromatic carbocycles. The molecule has 1 amide bonds. The highest BCUT2D eigenvalue weighted by atomic mass is 16.2. The number of hydrogen-bond acceptors (Lipinski definition) is 2. The third kappa shape index (κ3) is 2.34. The predicted octanol–water partition coefficient (Wildman–Crippen LogP) is 0.560. The molecule has 0 bridgehead atoms. The van der Waals surface area contributed by atoms with Gasteiger partial charge in [0.1, 0.15) is 0 Å². The molecule has 0 spiro atoms. The third-order valence-electron chi connectivity index (χ3n) is 2.07. The number of rotatable bonds is 4. The number of carbonyl (C=O) groups is 1. The Morgan fingerprint density at radius 2 is 2.33 bits per heavy atom. The van der Waals surface area contributed by atoms with E-state index < -0.39 is 5.54 Å². The maximum atomic E-state index is 11.2. The molecule has 0 radical (unpaired) electrons. The molecule has 0 atom stereocenters. The molecule has 1 aliphatic rings. The van der Waals surface area contributed by atoms with Crippen molar-refractivity contribution in [3.8, 4) is 0 Å². The highest BCUT2D eigenvalue weighted by Crippen LogP contribution is 2.31. The van der Waals surface area contributed by atoms with Crippen LogP contribution in [0.25, 0.3) is 0 Å². The molecule has 12 heavy (non-hydrogen) atoms. The summed E-state index contributed by atoms with van der Waals surface area (Å²) in [6.45, 7) is 2.66. The van der Waals surface area contributed by atoms with Gasteiger partial charge in [0.25, 0.3) is 0 Å². The largest absolute Gasteiger partial charge is 0.354 e. The minimum atomic E-state index is -0.518. The van der Waals surface area contributed by atoms with Crippen molar-refractivity contribution in [3.05, 3.63) is 12.2 Å². The second-order valence-electron chi connectivity index (χ2n) is 3.27. The molecular formula is C9H16N2O. The zero-order valence-electron chi connectivity index (χ0n) is 7.47. The number of hydrogen-bond donors (Lipinski definition) is 2. The van der Waals surface area contributed by atoms with E-state index in [4.69, 9.17) is 5.73 Å². The lowest BCUT2D eigenvalue weighted by atomic mass is 10.2. The molecule has 0 aromatic heterocycles. The first kappa shape index (κ1) is 9.26. The van der Waals surface area contributed by atoms with Gasteiger partial charge in [-0.15, -0.1) is 0 Å². The van der Waals surface area contributed by atoms with Crippen LogP contribution in [0, 0.1) is 0 Å². The maximum absolute atomic E-state index is 11.2. The van der Waals surface area contributed by atoms with Crippen LogP contribution in [0.4, 0.5) is 0 Å². The molecule has 3 heteroatoms. The lowest BCUT2D eigenvalue weighted by molar-refractivity contribution is -0.123. The van der Waals surface area contributed by atoms with E-state index in [1.807, 2.05) is 19.1 Å². The minimum Gasteiger partial charge on any atom is -0.354 e. The molecule has 0 aliphatic heterocycles. The Bertz CT molecular complexity index is 195. The highest BCUT2D eigenvalue weighted by Gasteiger charge is 2.45. The molecule has 3 N–H and O–H groups in total. The molecule has 0 saturated heterocycles. The number of nitrogens with two attached hydrogens (primary N) is 1. The van der Waals surface area contributed by atoms with Crippen molar-refractivity contribution in [3.63, 3.8) is 0 Å². The van der Waals surface area contributed by atoms with Crippen LogP contribution in [0.2, 0.25) is 0 Å². The van der Waals surface area contributed by atoms with Crippen LogP contribution in [0.5, 0.6) is 0 Å². The fourth-order valence-corrected chi connectivity index (χ4v) is 0.973. The summed E-state index contributed by atoms with van der Waals surface area (Å²) < 4.78 is 0. The standard InChI is InChI=1S/C9H16N2O/c1-2-3-4-7-11-8(12)9(10)5-6-9/h2-3H,4-7,10H2,1H3,(H,11,12)/b3-2+. The Balaban J connectivity index is 2.11. The molecule has 3 nitrogen and oxygen atoms in total. The van der Waals surface area contributed by atoms with Crippen molar-refractivity contribution >= 4 is 5.91 Å². The highest BCUT2D eigenvalue weighted by molar-refractivity contribution is 5.88. The first-order valence-corrected chi connectivity index (χ1v) is 4.37. The first-order valence-electron chi connectivity index (χ1n) is 4.37. The molecule has 1 aliphatic carbocycles. The van der Waals surface area contributed by atoms with Crippen molar-refractivity contribution in [1.29, 1.82) is 0 Å². The van der Waals surface area contributed by atoms with E-state index in [1.54, 1.807) is 0 Å². The van der Waals surface area contributed by atoms with E-state index in [0.717, 1.165) is 19.3 Å². The van der Waals surface area contributed by atoms with Crippen molar-refractivity contribution < 1.29 is 4.79 Å². The lowest BCUT2D eigenvalue weighted by Crippen LogP contribution is -2.42. The molecular weight excluding hydrogens is 152 g/mol. The van der Waals surface area contributed by atoms with Gasteiger partial charge in [0.2, 0.25) is 5.91 Å². The molecule has 1 fully saturated rings. The molecule has 0 heterocycles. The zero-order chi connectivity index (χ0) is 9.03. The Morgan fingerprint density at radius 1 is 1.67 bits per heavy atom. The molecule has 0 aromatic rings. The smallest absolute Gasteiger partial charge is 0.240 e. The van der Waals surface area contributed by atoms with Gasteiger partial charge in [-0.1, -0.05) is 12.2 Å². The van der Waals surface area contributed by atoms with Crippen LogP contribution in [-0.2, 0) is 4.79 Å². The third-order valence-corrected chi connectivity index (χ3v) is 2.07. The monoisotopic (exact) mass is 168 g/mol. The van der Waals surface area contributed by atoms with Gasteiger partial charge >= 0.3 is 0 Å². The van der Waals surface area contributed by atoms with Crippen LogP contribution in [0.3, 0.4) is 0 Å². The fourth-order valence-electron chi connectivity index (χ4n) is 0.973. The van der Waals surface area contributed by atoms with Gasteiger partial charge in [-0.05, 0) is 26.2 Å². The van der Waals surface area contributed by atoms with E-state index in [2.05, 4.69) is 5.32 Å². The number of nitrogens with one attached hydrogen (secondary N) is 1. The van der Waals surface area contributed by atoms with Gasteiger partial charge < -0.3 is 11.1 Å². The topological polar surface area (TPSA) is 55.1 Å². The summed E-state index contributed by atoms with van der Waals surface area (Å²) in [5, 5.41) is 2.80. The maximum Gasteiger partial charge on any atom is 0.240 e. The predicted molar refractivity (Wildman–Crippen MR) is 48.6 cm³/mol. The normalized spacial score (nSPS) is 19.5. The summed E-state index contributed by atoms with van der Waals surface area (Å²) in [6, 6.07) is 0. The van der Waals surface area contributed by atoms with Crippen LogP contribution in [0.15, 0.2) is 12.2 Å². The van der Waals surface area contributed by atoms with E-state index in [1.165, 1.54) is 0 Å². The summed E-state index contributed by atoms with van der Waals surface area (Å²) in [5.41, 5.74) is 5.16. The lowest BCUT2D eigenvalue weighted by Gasteiger charge is -2.08. The van der Waals surface area contributed by atoms with Crippen LogP contribution in [-0.4, -0.2) is 18.0 Å². The summed E-state index contributed by atoms with van der Waals surface area (Å²) >= 11 is 0. The van der Waals surface area contributed by atoms with Gasteiger partial charge in [-0.2, -0.15) is 0 Å². The number of amides is 1. The van der Waals surface area contributed by atoms with Gasteiger partial charge in [-0.3, -0.25) is 4.79 Å². The quantitative estimate of drug-likeness (QED) is 0.476. The van der Waals surface area contributed by atoms with Gasteiger partial charge in [-0.25, -0.2) is 0 Å². The number of allylic oxidation sites excluding steroid dienone is 1. The molecule has 1 rings (SSSR count). The fraction of sp³-hybridized carbons (Fsp3) is 0.667. The summed E-state index contributed by atoms with van der Waals surface area (Å²) in [6.07, 6.45) is 6.56. The van der Waals surface area contributed by atoms with Crippen molar-refractivity contribution in [2.45, 2.75) is 31.7 Å². The van der Waals surface area contributed by atoms with Gasteiger partial charge in [0.05, 0.1) is 5.54 Å².